The first-order valence-electron chi connectivity index (χ1n) is 7.64. The Hall–Kier alpha value is -2.09. The fourth-order valence-corrected chi connectivity index (χ4v) is 2.56. The van der Waals surface area contributed by atoms with Gasteiger partial charge in [-0.15, -0.1) is 10.2 Å². The van der Waals surface area contributed by atoms with Gasteiger partial charge in [0.2, 0.25) is 11.8 Å². The lowest BCUT2D eigenvalue weighted by molar-refractivity contribution is 0.0742. The number of methoxy groups -OCH3 is 1. The molecule has 0 aliphatic rings. The molecule has 0 fully saturated rings. The van der Waals surface area contributed by atoms with Crippen molar-refractivity contribution >= 4 is 35.2 Å². The number of aliphatic imine (C=N–C) groups is 1. The number of hydrogen-bond donors (Lipinski definition) is 1. The van der Waals surface area contributed by atoms with Gasteiger partial charge in [0.15, 0.2) is 5.75 Å². The van der Waals surface area contributed by atoms with Crippen molar-refractivity contribution in [2.24, 2.45) is 4.99 Å². The molecule has 0 radical (unpaired) electrons. The van der Waals surface area contributed by atoms with Crippen molar-refractivity contribution in [3.63, 3.8) is 0 Å². The summed E-state index contributed by atoms with van der Waals surface area (Å²) < 4.78 is 10.8. The van der Waals surface area contributed by atoms with E-state index in [-0.39, 0.29) is 27.6 Å². The second-order valence-corrected chi connectivity index (χ2v) is 7.03. The van der Waals surface area contributed by atoms with Crippen molar-refractivity contribution in [2.75, 3.05) is 21.2 Å². The zero-order chi connectivity index (χ0) is 19.5. The minimum Gasteiger partial charge on any atom is -0.480 e. The van der Waals surface area contributed by atoms with Crippen molar-refractivity contribution in [3.8, 4) is 17.5 Å². The number of aliphatic hydroxyl groups is 1. The van der Waals surface area contributed by atoms with Crippen LogP contribution in [0, 0.1) is 0 Å². The largest absolute Gasteiger partial charge is 0.480 e. The zero-order valence-corrected chi connectivity index (χ0v) is 16.6. The number of nitrogens with zero attached hydrogens (tertiary/aromatic N) is 4. The quantitative estimate of drug-likeness (QED) is 0.584. The standard InChI is InChI=1S/C17H20Cl2N4O3/c1-17(2,24)11-8-14(21-22-16(11)25-5)26-15-12(18)6-10(7-13(15)19)20-9-23(3)4/h6-9,24H,1-5H3/b20-9+. The summed E-state index contributed by atoms with van der Waals surface area (Å²) in [6.45, 7) is 3.21. The molecule has 2 aromatic rings. The predicted octanol–water partition coefficient (Wildman–Crippen LogP) is 4.03. The summed E-state index contributed by atoms with van der Waals surface area (Å²) in [7, 11) is 5.15. The molecule has 0 bridgehead atoms. The molecule has 0 amide bonds. The smallest absolute Gasteiger partial charge is 0.239 e. The van der Waals surface area contributed by atoms with E-state index in [0.29, 0.717) is 11.3 Å². The van der Waals surface area contributed by atoms with E-state index in [0.717, 1.165) is 0 Å². The molecule has 26 heavy (non-hydrogen) atoms. The lowest BCUT2D eigenvalue weighted by Gasteiger charge is -2.20. The number of aromatic nitrogens is 2. The number of halogens is 2. The second kappa shape index (κ2) is 8.07. The van der Waals surface area contributed by atoms with E-state index < -0.39 is 5.60 Å². The normalized spacial score (nSPS) is 11.7. The van der Waals surface area contributed by atoms with Crippen molar-refractivity contribution in [3.05, 3.63) is 33.8 Å². The summed E-state index contributed by atoms with van der Waals surface area (Å²) in [5, 5.41) is 18.6. The van der Waals surface area contributed by atoms with Gasteiger partial charge in [-0.05, 0) is 26.0 Å². The summed E-state index contributed by atoms with van der Waals surface area (Å²) in [5.41, 5.74) is -0.193. The van der Waals surface area contributed by atoms with Gasteiger partial charge in [-0.3, -0.25) is 0 Å². The molecule has 1 N–H and O–H groups in total. The van der Waals surface area contributed by atoms with E-state index in [9.17, 15) is 5.11 Å². The van der Waals surface area contributed by atoms with Crippen molar-refractivity contribution in [1.82, 2.24) is 15.1 Å². The maximum atomic E-state index is 10.3. The van der Waals surface area contributed by atoms with Gasteiger partial charge < -0.3 is 19.5 Å². The van der Waals surface area contributed by atoms with E-state index in [4.69, 9.17) is 32.7 Å². The molecule has 0 aliphatic carbocycles. The zero-order valence-electron chi connectivity index (χ0n) is 15.1. The van der Waals surface area contributed by atoms with E-state index in [1.165, 1.54) is 13.2 Å². The maximum Gasteiger partial charge on any atom is 0.239 e. The van der Waals surface area contributed by atoms with E-state index in [2.05, 4.69) is 15.2 Å². The molecule has 9 heteroatoms. The molecule has 0 spiro atoms. The third kappa shape index (κ3) is 4.97. The monoisotopic (exact) mass is 398 g/mol. The van der Waals surface area contributed by atoms with Crippen molar-refractivity contribution in [1.29, 1.82) is 0 Å². The maximum absolute atomic E-state index is 10.3. The highest BCUT2D eigenvalue weighted by Gasteiger charge is 2.24. The van der Waals surface area contributed by atoms with Crippen LogP contribution in [0.4, 0.5) is 5.69 Å². The number of hydrogen-bond acceptors (Lipinski definition) is 6. The molecule has 1 aromatic carbocycles. The molecule has 0 atom stereocenters. The van der Waals surface area contributed by atoms with E-state index in [1.54, 1.807) is 37.2 Å². The van der Waals surface area contributed by atoms with Gasteiger partial charge in [0.1, 0.15) is 0 Å². The summed E-state index contributed by atoms with van der Waals surface area (Å²) in [5.74, 6) is 0.546. The first-order valence-corrected chi connectivity index (χ1v) is 8.39. The Morgan fingerprint density at radius 1 is 1.15 bits per heavy atom. The molecular formula is C17H20Cl2N4O3. The van der Waals surface area contributed by atoms with Crippen LogP contribution in [-0.4, -0.2) is 47.7 Å². The summed E-state index contributed by atoms with van der Waals surface area (Å²) >= 11 is 12.5. The Labute approximate surface area is 162 Å². The third-order valence-electron chi connectivity index (χ3n) is 3.22. The lowest BCUT2D eigenvalue weighted by atomic mass is 10.0. The molecule has 0 saturated carbocycles. The van der Waals surface area contributed by atoms with Crippen LogP contribution in [0.15, 0.2) is 23.2 Å². The van der Waals surface area contributed by atoms with Crippen LogP contribution in [0.2, 0.25) is 10.0 Å². The van der Waals surface area contributed by atoms with Crippen LogP contribution < -0.4 is 9.47 Å². The average Bonchev–Trinajstić information content (AvgIpc) is 2.55. The minimum atomic E-state index is -1.20. The van der Waals surface area contributed by atoms with Crippen LogP contribution in [0.5, 0.6) is 17.5 Å². The number of benzene rings is 1. The molecule has 2 rings (SSSR count). The minimum absolute atomic E-state index is 0.122. The Morgan fingerprint density at radius 3 is 2.27 bits per heavy atom. The predicted molar refractivity (Wildman–Crippen MR) is 102 cm³/mol. The first kappa shape index (κ1) is 20.2. The fourth-order valence-electron chi connectivity index (χ4n) is 2.01. The van der Waals surface area contributed by atoms with Crippen LogP contribution in [0.3, 0.4) is 0 Å². The van der Waals surface area contributed by atoms with Gasteiger partial charge in [-0.2, -0.15) is 0 Å². The van der Waals surface area contributed by atoms with Gasteiger partial charge >= 0.3 is 0 Å². The van der Waals surface area contributed by atoms with E-state index >= 15 is 0 Å². The van der Waals surface area contributed by atoms with Gasteiger partial charge in [-0.25, -0.2) is 4.99 Å². The second-order valence-electron chi connectivity index (χ2n) is 6.21. The topological polar surface area (TPSA) is 80.1 Å². The molecule has 0 unspecified atom stereocenters. The van der Waals surface area contributed by atoms with Crippen molar-refractivity contribution in [2.45, 2.75) is 19.4 Å². The summed E-state index contributed by atoms with van der Waals surface area (Å²) in [6, 6.07) is 4.77. The molecule has 7 nitrogen and oxygen atoms in total. The Morgan fingerprint density at radius 2 is 1.77 bits per heavy atom. The number of ether oxygens (including phenoxy) is 2. The fraction of sp³-hybridized carbons (Fsp3) is 0.353. The van der Waals surface area contributed by atoms with Gasteiger partial charge in [0.05, 0.1) is 40.3 Å². The highest BCUT2D eigenvalue weighted by atomic mass is 35.5. The van der Waals surface area contributed by atoms with Gasteiger partial charge in [0.25, 0.3) is 0 Å². The van der Waals surface area contributed by atoms with Crippen LogP contribution in [-0.2, 0) is 5.60 Å². The molecule has 0 saturated heterocycles. The lowest BCUT2D eigenvalue weighted by Crippen LogP contribution is -2.18. The van der Waals surface area contributed by atoms with Gasteiger partial charge in [0, 0.05) is 20.2 Å². The first-order chi connectivity index (χ1) is 12.1. The van der Waals surface area contributed by atoms with E-state index in [1.807, 2.05) is 14.1 Å². The molecular weight excluding hydrogens is 379 g/mol. The van der Waals surface area contributed by atoms with Gasteiger partial charge in [-0.1, -0.05) is 23.2 Å². The molecule has 140 valence electrons. The molecule has 1 aromatic heterocycles. The Kier molecular flexibility index (Phi) is 6.28. The highest BCUT2D eigenvalue weighted by Crippen LogP contribution is 2.40. The molecule has 1 heterocycles. The van der Waals surface area contributed by atoms with Crippen LogP contribution in [0.1, 0.15) is 19.4 Å². The van der Waals surface area contributed by atoms with Crippen LogP contribution in [0.25, 0.3) is 0 Å². The SMILES string of the molecule is COc1nnc(Oc2c(Cl)cc(/N=C/N(C)C)cc2Cl)cc1C(C)(C)O. The molecule has 0 aliphatic heterocycles. The Balaban J connectivity index is 2.37. The highest BCUT2D eigenvalue weighted by molar-refractivity contribution is 6.37. The Bertz CT molecular complexity index is 797. The van der Waals surface area contributed by atoms with Crippen molar-refractivity contribution < 1.29 is 14.6 Å². The summed E-state index contributed by atoms with van der Waals surface area (Å²) in [4.78, 5) is 6.03. The average molecular weight is 399 g/mol. The summed E-state index contributed by atoms with van der Waals surface area (Å²) in [6.07, 6.45) is 1.63. The number of rotatable bonds is 6. The van der Waals surface area contributed by atoms with Crippen LogP contribution >= 0.6 is 23.2 Å². The third-order valence-corrected chi connectivity index (χ3v) is 3.78.